The van der Waals surface area contributed by atoms with Gasteiger partial charge < -0.3 is 14.8 Å². The molecule has 0 saturated carbocycles. The Labute approximate surface area is 149 Å². The molecule has 7 nitrogen and oxygen atoms in total. The molecule has 1 aromatic rings. The predicted octanol–water partition coefficient (Wildman–Crippen LogP) is 3.48. The van der Waals surface area contributed by atoms with Crippen molar-refractivity contribution in [2.45, 2.75) is 38.8 Å². The highest BCUT2D eigenvalue weighted by molar-refractivity contribution is 7.17. The number of benzene rings is 1. The molecule has 1 N–H and O–H groups in total. The van der Waals surface area contributed by atoms with Crippen LogP contribution in [0.3, 0.4) is 0 Å². The van der Waals surface area contributed by atoms with Crippen molar-refractivity contribution in [3.63, 3.8) is 0 Å². The van der Waals surface area contributed by atoms with Gasteiger partial charge >= 0.3 is 20.7 Å². The maximum absolute atomic E-state index is 11.9. The maximum Gasteiger partial charge on any atom is 0.407 e. The lowest BCUT2D eigenvalue weighted by Crippen LogP contribution is -2.35. The highest BCUT2D eigenvalue weighted by Crippen LogP contribution is 2.15. The summed E-state index contributed by atoms with van der Waals surface area (Å²) < 4.78 is 25.1. The Morgan fingerprint density at radius 1 is 1.20 bits per heavy atom. The molecule has 1 aromatic carbocycles. The van der Waals surface area contributed by atoms with Gasteiger partial charge in [-0.1, -0.05) is 37.3 Å². The molecule has 1 rings (SSSR count). The first kappa shape index (κ1) is 21.1. The molecule has 1 amide bonds. The van der Waals surface area contributed by atoms with E-state index in [9.17, 15) is 14.2 Å². The molecule has 0 aliphatic rings. The van der Waals surface area contributed by atoms with Crippen molar-refractivity contribution in [2.24, 2.45) is 5.92 Å². The monoisotopic (exact) mass is 369 g/mol. The van der Waals surface area contributed by atoms with Gasteiger partial charge in [0.25, 0.3) is 0 Å². The first-order valence-corrected chi connectivity index (χ1v) is 8.83. The van der Waals surface area contributed by atoms with E-state index < -0.39 is 26.7 Å². The van der Waals surface area contributed by atoms with Crippen LogP contribution in [0.5, 0.6) is 0 Å². The van der Waals surface area contributed by atoms with Gasteiger partial charge in [0, 0.05) is 6.04 Å². The van der Waals surface area contributed by atoms with E-state index in [4.69, 9.17) is 14.0 Å². The van der Waals surface area contributed by atoms with E-state index in [0.29, 0.717) is 19.3 Å². The standard InChI is InChI=1S/C17H24NO6P/c1-3-15(10-9-14(12-24-25-21)16(19)22-2)18-17(20)23-11-13-7-5-4-6-8-13/h4-8,14-15H,3,9-12H2,1-2H3,(H,18,20). The van der Waals surface area contributed by atoms with Crippen molar-refractivity contribution in [3.05, 3.63) is 35.9 Å². The zero-order valence-corrected chi connectivity index (χ0v) is 15.4. The topological polar surface area (TPSA) is 90.9 Å². The fourth-order valence-electron chi connectivity index (χ4n) is 2.27. The van der Waals surface area contributed by atoms with Gasteiger partial charge in [0.1, 0.15) is 6.61 Å². The average Bonchev–Trinajstić information content (AvgIpc) is 2.65. The number of rotatable bonds is 11. The molecule has 138 valence electrons. The molecule has 2 unspecified atom stereocenters. The summed E-state index contributed by atoms with van der Waals surface area (Å²) in [4.78, 5) is 23.6. The van der Waals surface area contributed by atoms with Crippen LogP contribution in [0, 0.1) is 5.92 Å². The molecule has 0 aliphatic heterocycles. The number of alkyl carbamates (subject to hydrolysis) is 1. The fourth-order valence-corrected chi connectivity index (χ4v) is 2.51. The second-order valence-electron chi connectivity index (χ2n) is 5.48. The molecule has 0 heterocycles. The number of carbonyl (C=O) groups is 2. The van der Waals surface area contributed by atoms with Crippen molar-refractivity contribution < 1.29 is 28.2 Å². The minimum Gasteiger partial charge on any atom is -0.469 e. The molecule has 0 radical (unpaired) electrons. The minimum absolute atomic E-state index is 0.00656. The fraction of sp³-hybridized carbons (Fsp3) is 0.529. The molecule has 8 heteroatoms. The van der Waals surface area contributed by atoms with Gasteiger partial charge in [-0.2, -0.15) is 0 Å². The van der Waals surface area contributed by atoms with E-state index in [1.165, 1.54) is 7.11 Å². The van der Waals surface area contributed by atoms with E-state index in [-0.39, 0.29) is 19.3 Å². The van der Waals surface area contributed by atoms with Gasteiger partial charge in [-0.05, 0) is 24.8 Å². The Balaban J connectivity index is 2.41. The highest BCUT2D eigenvalue weighted by Gasteiger charge is 2.22. The second kappa shape index (κ2) is 12.4. The molecule has 0 aliphatic carbocycles. The van der Waals surface area contributed by atoms with Crippen LogP contribution in [0.15, 0.2) is 30.3 Å². The van der Waals surface area contributed by atoms with Crippen LogP contribution >= 0.6 is 8.69 Å². The molecule has 0 fully saturated rings. The van der Waals surface area contributed by atoms with Crippen molar-refractivity contribution in [2.75, 3.05) is 13.7 Å². The lowest BCUT2D eigenvalue weighted by atomic mass is 9.99. The van der Waals surface area contributed by atoms with Gasteiger partial charge in [0.05, 0.1) is 19.6 Å². The maximum atomic E-state index is 11.9. The van der Waals surface area contributed by atoms with Gasteiger partial charge in [0.2, 0.25) is 0 Å². The minimum atomic E-state index is -0.525. The normalized spacial score (nSPS) is 13.0. The summed E-state index contributed by atoms with van der Waals surface area (Å²) in [5.74, 6) is -0.951. The smallest absolute Gasteiger partial charge is 0.407 e. The highest BCUT2D eigenvalue weighted by atomic mass is 31.1. The number of methoxy groups -OCH3 is 1. The van der Waals surface area contributed by atoms with E-state index in [1.54, 1.807) is 0 Å². The van der Waals surface area contributed by atoms with Crippen LogP contribution in [0.1, 0.15) is 31.7 Å². The van der Waals surface area contributed by atoms with Crippen molar-refractivity contribution >= 4 is 20.7 Å². The van der Waals surface area contributed by atoms with Crippen LogP contribution in [0.4, 0.5) is 4.79 Å². The Hall–Kier alpha value is -1.98. The van der Waals surface area contributed by atoms with Crippen LogP contribution in [-0.2, 0) is 30.0 Å². The number of hydrogen-bond acceptors (Lipinski definition) is 6. The lowest BCUT2D eigenvalue weighted by Gasteiger charge is -2.19. The number of ether oxygens (including phenoxy) is 2. The van der Waals surface area contributed by atoms with Crippen molar-refractivity contribution in [3.8, 4) is 0 Å². The largest absolute Gasteiger partial charge is 0.469 e. The third kappa shape index (κ3) is 8.61. The molecular weight excluding hydrogens is 345 g/mol. The summed E-state index contributed by atoms with van der Waals surface area (Å²) in [6.07, 6.45) is 1.18. The van der Waals surface area contributed by atoms with E-state index in [2.05, 4.69) is 5.32 Å². The van der Waals surface area contributed by atoms with E-state index in [1.807, 2.05) is 37.3 Å². The molecule has 0 spiro atoms. The quantitative estimate of drug-likeness (QED) is 0.474. The summed E-state index contributed by atoms with van der Waals surface area (Å²) in [6, 6.07) is 9.26. The summed E-state index contributed by atoms with van der Waals surface area (Å²) in [5.41, 5.74) is 0.908. The number of nitrogens with one attached hydrogen (secondary N) is 1. The molecule has 25 heavy (non-hydrogen) atoms. The number of amides is 1. The van der Waals surface area contributed by atoms with Gasteiger partial charge in [0.15, 0.2) is 0 Å². The first-order chi connectivity index (χ1) is 12.1. The SMILES string of the molecule is CCC(CCC(COP=O)C(=O)OC)NC(=O)OCc1ccccc1. The van der Waals surface area contributed by atoms with Crippen LogP contribution < -0.4 is 5.32 Å². The van der Waals surface area contributed by atoms with Gasteiger partial charge in [-0.3, -0.25) is 9.32 Å². The van der Waals surface area contributed by atoms with Gasteiger partial charge in [-0.15, -0.1) is 0 Å². The molecule has 0 aromatic heterocycles. The van der Waals surface area contributed by atoms with Crippen LogP contribution in [0.25, 0.3) is 0 Å². The van der Waals surface area contributed by atoms with Crippen molar-refractivity contribution in [1.82, 2.24) is 5.32 Å². The van der Waals surface area contributed by atoms with Crippen LogP contribution in [0.2, 0.25) is 0 Å². The third-order valence-electron chi connectivity index (χ3n) is 3.75. The average molecular weight is 369 g/mol. The number of carbonyl (C=O) groups excluding carboxylic acids is 2. The van der Waals surface area contributed by atoms with Gasteiger partial charge in [-0.25, -0.2) is 9.36 Å². The summed E-state index contributed by atoms with van der Waals surface area (Å²) in [5, 5.41) is 2.79. The third-order valence-corrected chi connectivity index (χ3v) is 4.01. The van der Waals surface area contributed by atoms with Crippen molar-refractivity contribution in [1.29, 1.82) is 0 Å². The zero-order valence-electron chi connectivity index (χ0n) is 14.5. The Kier molecular flexibility index (Phi) is 10.4. The Morgan fingerprint density at radius 2 is 1.92 bits per heavy atom. The van der Waals surface area contributed by atoms with Crippen LogP contribution in [-0.4, -0.2) is 31.8 Å². The van der Waals surface area contributed by atoms with E-state index in [0.717, 1.165) is 5.56 Å². The lowest BCUT2D eigenvalue weighted by molar-refractivity contribution is -0.146. The molecule has 0 bridgehead atoms. The summed E-state index contributed by atoms with van der Waals surface area (Å²) in [7, 11) is 0.814. The zero-order chi connectivity index (χ0) is 18.5. The Morgan fingerprint density at radius 3 is 2.52 bits per heavy atom. The summed E-state index contributed by atoms with van der Waals surface area (Å²) in [6.45, 7) is 2.14. The Bertz CT molecular complexity index is 539. The summed E-state index contributed by atoms with van der Waals surface area (Å²) >= 11 is 0. The predicted molar refractivity (Wildman–Crippen MR) is 92.1 cm³/mol. The second-order valence-corrected chi connectivity index (χ2v) is 5.89. The molecular formula is C17H24NO6P. The molecule has 2 atom stereocenters. The molecule has 0 saturated heterocycles. The number of esters is 1. The first-order valence-electron chi connectivity index (χ1n) is 8.10. The number of hydrogen-bond donors (Lipinski definition) is 1. The van der Waals surface area contributed by atoms with E-state index >= 15 is 0 Å².